The van der Waals surface area contributed by atoms with Crippen LogP contribution in [0.3, 0.4) is 0 Å². The van der Waals surface area contributed by atoms with Gasteiger partial charge in [0.2, 0.25) is 0 Å². The van der Waals surface area contributed by atoms with Gasteiger partial charge in [-0.2, -0.15) is 10.5 Å². The molecule has 0 spiro atoms. The van der Waals surface area contributed by atoms with Crippen LogP contribution in [0.15, 0.2) is 29.9 Å². The first-order valence-electron chi connectivity index (χ1n) is 5.43. The van der Waals surface area contributed by atoms with Crippen LogP contribution < -0.4 is 0 Å². The number of nitrogens with zero attached hydrogens (tertiary/aromatic N) is 3. The standard InChI is InChI=1S/C14H11N3/c1-10-3-2-4-11(7-10)13-6-5-12(8-15)14(9-16)17-13/h4-7H,2-3H2,1H3. The molecule has 0 saturated heterocycles. The van der Waals surface area contributed by atoms with Crippen molar-refractivity contribution < 1.29 is 0 Å². The van der Waals surface area contributed by atoms with Gasteiger partial charge in [0.25, 0.3) is 0 Å². The second-order valence-corrected chi connectivity index (χ2v) is 4.01. The first-order valence-corrected chi connectivity index (χ1v) is 5.43. The predicted octanol–water partition coefficient (Wildman–Crippen LogP) is 2.95. The zero-order valence-corrected chi connectivity index (χ0v) is 9.57. The molecular formula is C14H11N3. The average molecular weight is 221 g/mol. The molecule has 82 valence electrons. The van der Waals surface area contributed by atoms with E-state index >= 15 is 0 Å². The minimum absolute atomic E-state index is 0.197. The van der Waals surface area contributed by atoms with Gasteiger partial charge in [-0.3, -0.25) is 0 Å². The fraction of sp³-hybridized carbons (Fsp3) is 0.214. The summed E-state index contributed by atoms with van der Waals surface area (Å²) in [5.74, 6) is 0. The molecule has 1 heterocycles. The highest BCUT2D eigenvalue weighted by atomic mass is 14.7. The number of pyridine rings is 1. The van der Waals surface area contributed by atoms with E-state index in [0.29, 0.717) is 5.56 Å². The molecule has 1 aliphatic rings. The third-order valence-corrected chi connectivity index (χ3v) is 2.72. The molecule has 0 radical (unpaired) electrons. The Morgan fingerprint density at radius 2 is 2.06 bits per heavy atom. The van der Waals surface area contributed by atoms with Gasteiger partial charge in [-0.15, -0.1) is 0 Å². The van der Waals surface area contributed by atoms with Crippen molar-refractivity contribution in [2.45, 2.75) is 19.8 Å². The Bertz CT molecular complexity index is 595. The fourth-order valence-corrected chi connectivity index (χ4v) is 1.83. The van der Waals surface area contributed by atoms with Gasteiger partial charge < -0.3 is 0 Å². The first-order chi connectivity index (χ1) is 8.24. The van der Waals surface area contributed by atoms with Gasteiger partial charge in [0.05, 0.1) is 11.3 Å². The Morgan fingerprint density at radius 3 is 2.71 bits per heavy atom. The summed E-state index contributed by atoms with van der Waals surface area (Å²) in [6.45, 7) is 2.09. The summed E-state index contributed by atoms with van der Waals surface area (Å²) in [4.78, 5) is 4.22. The van der Waals surface area contributed by atoms with Crippen LogP contribution in [0.25, 0.3) is 5.57 Å². The van der Waals surface area contributed by atoms with Gasteiger partial charge in [-0.25, -0.2) is 4.98 Å². The average Bonchev–Trinajstić information content (AvgIpc) is 2.38. The zero-order chi connectivity index (χ0) is 12.3. The minimum Gasteiger partial charge on any atom is -0.236 e. The van der Waals surface area contributed by atoms with Crippen LogP contribution >= 0.6 is 0 Å². The molecule has 1 aromatic rings. The Hall–Kier alpha value is -2.39. The number of hydrogen-bond donors (Lipinski definition) is 0. The number of aromatic nitrogens is 1. The van der Waals surface area contributed by atoms with Crippen LogP contribution in [0.1, 0.15) is 36.7 Å². The Kier molecular flexibility index (Phi) is 3.03. The monoisotopic (exact) mass is 221 g/mol. The molecular weight excluding hydrogens is 210 g/mol. The molecule has 0 unspecified atom stereocenters. The molecule has 0 N–H and O–H groups in total. The molecule has 0 aliphatic heterocycles. The van der Waals surface area contributed by atoms with Gasteiger partial charge in [-0.1, -0.05) is 17.7 Å². The van der Waals surface area contributed by atoms with Crippen molar-refractivity contribution in [3.05, 3.63) is 46.8 Å². The lowest BCUT2D eigenvalue weighted by Gasteiger charge is -2.10. The van der Waals surface area contributed by atoms with Crippen LogP contribution in [-0.2, 0) is 0 Å². The maximum absolute atomic E-state index is 8.93. The summed E-state index contributed by atoms with van der Waals surface area (Å²) in [6, 6.07) is 7.37. The normalized spacial score (nSPS) is 14.3. The lowest BCUT2D eigenvalue weighted by Crippen LogP contribution is -1.97. The highest BCUT2D eigenvalue weighted by Gasteiger charge is 2.09. The highest BCUT2D eigenvalue weighted by Crippen LogP contribution is 2.24. The second kappa shape index (κ2) is 4.63. The van der Waals surface area contributed by atoms with Crippen molar-refractivity contribution in [3.8, 4) is 12.1 Å². The molecule has 2 rings (SSSR count). The van der Waals surface area contributed by atoms with Crippen molar-refractivity contribution in [1.82, 2.24) is 4.98 Å². The van der Waals surface area contributed by atoms with Crippen molar-refractivity contribution in [2.75, 3.05) is 0 Å². The SMILES string of the molecule is CC1=CC(c2ccc(C#N)c(C#N)n2)=CCC1. The van der Waals surface area contributed by atoms with Crippen LogP contribution in [0.4, 0.5) is 0 Å². The van der Waals surface area contributed by atoms with Crippen molar-refractivity contribution in [1.29, 1.82) is 10.5 Å². The summed E-state index contributed by atoms with van der Waals surface area (Å²) in [5.41, 5.74) is 3.64. The lowest BCUT2D eigenvalue weighted by molar-refractivity contribution is 0.963. The Morgan fingerprint density at radius 1 is 1.24 bits per heavy atom. The summed E-state index contributed by atoms with van der Waals surface area (Å²) in [5, 5.41) is 17.8. The van der Waals surface area contributed by atoms with E-state index in [1.165, 1.54) is 5.57 Å². The largest absolute Gasteiger partial charge is 0.236 e. The molecule has 0 bridgehead atoms. The molecule has 0 atom stereocenters. The third-order valence-electron chi connectivity index (χ3n) is 2.72. The quantitative estimate of drug-likeness (QED) is 0.732. The minimum atomic E-state index is 0.197. The number of allylic oxidation sites excluding steroid dienone is 4. The second-order valence-electron chi connectivity index (χ2n) is 4.01. The van der Waals surface area contributed by atoms with Crippen molar-refractivity contribution in [3.63, 3.8) is 0 Å². The molecule has 0 aromatic carbocycles. The van der Waals surface area contributed by atoms with Crippen LogP contribution in [-0.4, -0.2) is 4.98 Å². The Labute approximate surface area is 100 Å². The van der Waals surface area contributed by atoms with Gasteiger partial charge in [0, 0.05) is 0 Å². The van der Waals surface area contributed by atoms with E-state index in [-0.39, 0.29) is 5.69 Å². The van der Waals surface area contributed by atoms with E-state index < -0.39 is 0 Å². The van der Waals surface area contributed by atoms with E-state index in [1.54, 1.807) is 12.1 Å². The molecule has 0 fully saturated rings. The summed E-state index contributed by atoms with van der Waals surface area (Å²) in [7, 11) is 0. The first kappa shape index (κ1) is 11.1. The third kappa shape index (κ3) is 2.24. The molecule has 0 amide bonds. The smallest absolute Gasteiger partial charge is 0.158 e. The zero-order valence-electron chi connectivity index (χ0n) is 9.57. The predicted molar refractivity (Wildman–Crippen MR) is 64.6 cm³/mol. The van der Waals surface area contributed by atoms with Crippen LogP contribution in [0.5, 0.6) is 0 Å². The van der Waals surface area contributed by atoms with Gasteiger partial charge in [0.15, 0.2) is 5.69 Å². The summed E-state index contributed by atoms with van der Waals surface area (Å²) < 4.78 is 0. The van der Waals surface area contributed by atoms with Gasteiger partial charge >= 0.3 is 0 Å². The highest BCUT2D eigenvalue weighted by molar-refractivity contribution is 5.74. The summed E-state index contributed by atoms with van der Waals surface area (Å²) in [6.07, 6.45) is 6.27. The molecule has 3 heteroatoms. The number of nitriles is 2. The summed E-state index contributed by atoms with van der Waals surface area (Å²) >= 11 is 0. The maximum atomic E-state index is 8.93. The molecule has 1 aliphatic carbocycles. The van der Waals surface area contributed by atoms with Crippen molar-refractivity contribution >= 4 is 5.57 Å². The Balaban J connectivity index is 2.46. The lowest BCUT2D eigenvalue weighted by atomic mass is 9.98. The molecule has 17 heavy (non-hydrogen) atoms. The van der Waals surface area contributed by atoms with Gasteiger partial charge in [-0.05, 0) is 37.5 Å². The molecule has 0 saturated carbocycles. The van der Waals surface area contributed by atoms with E-state index in [1.807, 2.05) is 12.1 Å². The van der Waals surface area contributed by atoms with E-state index in [2.05, 4.69) is 24.1 Å². The maximum Gasteiger partial charge on any atom is 0.158 e. The van der Waals surface area contributed by atoms with E-state index in [9.17, 15) is 0 Å². The fourth-order valence-electron chi connectivity index (χ4n) is 1.83. The van der Waals surface area contributed by atoms with Gasteiger partial charge in [0.1, 0.15) is 12.1 Å². The van der Waals surface area contributed by atoms with Crippen molar-refractivity contribution in [2.24, 2.45) is 0 Å². The molecule has 1 aromatic heterocycles. The van der Waals surface area contributed by atoms with E-state index in [0.717, 1.165) is 24.1 Å². The number of rotatable bonds is 1. The topological polar surface area (TPSA) is 60.5 Å². The van der Waals surface area contributed by atoms with Crippen LogP contribution in [0, 0.1) is 22.7 Å². The van der Waals surface area contributed by atoms with Crippen LogP contribution in [0.2, 0.25) is 0 Å². The van der Waals surface area contributed by atoms with E-state index in [4.69, 9.17) is 10.5 Å². The number of hydrogen-bond acceptors (Lipinski definition) is 3. The molecule has 3 nitrogen and oxygen atoms in total.